The van der Waals surface area contributed by atoms with Crippen molar-refractivity contribution in [2.24, 2.45) is 0 Å². The first-order valence-electron chi connectivity index (χ1n) is 4.90. The van der Waals surface area contributed by atoms with Crippen molar-refractivity contribution >= 4 is 29.3 Å². The van der Waals surface area contributed by atoms with Crippen LogP contribution in [0.5, 0.6) is 5.75 Å². The van der Waals surface area contributed by atoms with E-state index in [1.807, 2.05) is 6.07 Å². The molecule has 86 valence electrons. The van der Waals surface area contributed by atoms with Crippen LogP contribution in [0.15, 0.2) is 42.5 Å². The van der Waals surface area contributed by atoms with Gasteiger partial charge >= 0.3 is 0 Å². The molecule has 1 N–H and O–H groups in total. The van der Waals surface area contributed by atoms with E-state index >= 15 is 0 Å². The zero-order valence-corrected chi connectivity index (χ0v) is 10.4. The number of hydrogen-bond acceptors (Lipinski definition) is 2. The fourth-order valence-corrected chi connectivity index (χ4v) is 1.98. The summed E-state index contributed by atoms with van der Waals surface area (Å²) in [5.41, 5.74) is 2.13. The largest absolute Gasteiger partial charge is 0.508 e. The van der Waals surface area contributed by atoms with Crippen LogP contribution in [0, 0.1) is 0 Å². The fraction of sp³-hybridized carbons (Fsp3) is 0. The van der Waals surface area contributed by atoms with Crippen LogP contribution in [0.3, 0.4) is 0 Å². The van der Waals surface area contributed by atoms with Gasteiger partial charge in [0.1, 0.15) is 5.75 Å². The Kier molecular flexibility index (Phi) is 3.41. The third-order valence-corrected chi connectivity index (χ3v) is 2.97. The Morgan fingerprint density at radius 3 is 2.24 bits per heavy atom. The van der Waals surface area contributed by atoms with E-state index in [2.05, 4.69) is 12.6 Å². The van der Waals surface area contributed by atoms with Gasteiger partial charge in [-0.1, -0.05) is 29.8 Å². The number of phenolic OH excluding ortho intramolecular Hbond substituents is 1. The van der Waals surface area contributed by atoms with E-state index in [1.165, 1.54) is 0 Å². The Labute approximate surface area is 109 Å². The third kappa shape index (κ3) is 2.62. The van der Waals surface area contributed by atoms with Crippen molar-refractivity contribution < 1.29 is 9.90 Å². The standard InChI is InChI=1S/C13H9ClO2S/c14-12-6-3-9(7-11(12)13(16)17)8-1-4-10(15)5-2-8/h1-7,15H,(H,16,17). The van der Waals surface area contributed by atoms with Gasteiger partial charge in [0.2, 0.25) is 5.12 Å². The summed E-state index contributed by atoms with van der Waals surface area (Å²) >= 11 is 9.66. The van der Waals surface area contributed by atoms with E-state index in [9.17, 15) is 9.90 Å². The third-order valence-electron chi connectivity index (χ3n) is 2.40. The molecule has 0 aromatic heterocycles. The van der Waals surface area contributed by atoms with Gasteiger partial charge in [0, 0.05) is 5.56 Å². The first-order valence-corrected chi connectivity index (χ1v) is 5.72. The highest BCUT2D eigenvalue weighted by atomic mass is 35.5. The highest BCUT2D eigenvalue weighted by Gasteiger charge is 2.08. The fourth-order valence-electron chi connectivity index (χ4n) is 1.52. The Morgan fingerprint density at radius 1 is 1.06 bits per heavy atom. The first-order chi connectivity index (χ1) is 8.08. The van der Waals surface area contributed by atoms with E-state index in [4.69, 9.17) is 11.6 Å². The summed E-state index contributed by atoms with van der Waals surface area (Å²) < 4.78 is 0. The van der Waals surface area contributed by atoms with E-state index in [-0.39, 0.29) is 10.9 Å². The van der Waals surface area contributed by atoms with Crippen LogP contribution in [0.1, 0.15) is 10.4 Å². The predicted octanol–water partition coefficient (Wildman–Crippen LogP) is 3.78. The smallest absolute Gasteiger partial charge is 0.217 e. The lowest BCUT2D eigenvalue weighted by atomic mass is 10.0. The van der Waals surface area contributed by atoms with Crippen molar-refractivity contribution in [2.45, 2.75) is 0 Å². The number of phenols is 1. The Bertz CT molecular complexity index is 564. The maximum atomic E-state index is 11.2. The van der Waals surface area contributed by atoms with Gasteiger partial charge in [0.05, 0.1) is 5.02 Å². The number of carbonyl (C=O) groups is 1. The molecule has 4 heteroatoms. The average molecular weight is 265 g/mol. The summed E-state index contributed by atoms with van der Waals surface area (Å²) in [6, 6.07) is 11.9. The predicted molar refractivity (Wildman–Crippen MR) is 71.9 cm³/mol. The summed E-state index contributed by atoms with van der Waals surface area (Å²) in [6.45, 7) is 0. The lowest BCUT2D eigenvalue weighted by Gasteiger charge is -2.05. The molecule has 0 saturated heterocycles. The minimum Gasteiger partial charge on any atom is -0.508 e. The zero-order valence-electron chi connectivity index (χ0n) is 8.72. The topological polar surface area (TPSA) is 37.3 Å². The zero-order chi connectivity index (χ0) is 12.4. The molecule has 0 bridgehead atoms. The molecule has 0 fully saturated rings. The quantitative estimate of drug-likeness (QED) is 0.810. The molecule has 0 unspecified atom stereocenters. The van der Waals surface area contributed by atoms with Crippen molar-refractivity contribution in [2.75, 3.05) is 0 Å². The Morgan fingerprint density at radius 2 is 1.65 bits per heavy atom. The number of rotatable bonds is 2. The van der Waals surface area contributed by atoms with Gasteiger partial charge in [-0.05, 0) is 35.4 Å². The van der Waals surface area contributed by atoms with Crippen LogP contribution >= 0.6 is 24.2 Å². The number of carbonyl (C=O) groups excluding carboxylic acids is 1. The monoisotopic (exact) mass is 264 g/mol. The van der Waals surface area contributed by atoms with Gasteiger partial charge in [0.25, 0.3) is 0 Å². The van der Waals surface area contributed by atoms with Crippen molar-refractivity contribution in [1.82, 2.24) is 0 Å². The molecule has 0 saturated carbocycles. The number of aromatic hydroxyl groups is 1. The molecule has 0 atom stereocenters. The van der Waals surface area contributed by atoms with Crippen molar-refractivity contribution in [3.8, 4) is 16.9 Å². The molecule has 0 radical (unpaired) electrons. The number of benzene rings is 2. The molecule has 2 aromatic rings. The SMILES string of the molecule is O=C(S)c1cc(-c2ccc(O)cc2)ccc1Cl. The molecule has 17 heavy (non-hydrogen) atoms. The number of halogens is 1. The Balaban J connectivity index is 2.50. The second-order valence-corrected chi connectivity index (χ2v) is 4.36. The average Bonchev–Trinajstić information content (AvgIpc) is 2.30. The maximum absolute atomic E-state index is 11.2. The first kappa shape index (κ1) is 12.0. The van der Waals surface area contributed by atoms with Gasteiger partial charge in [-0.15, -0.1) is 12.6 Å². The molecule has 0 heterocycles. The molecular formula is C13H9ClO2S. The van der Waals surface area contributed by atoms with Crippen LogP contribution in [0.4, 0.5) is 0 Å². The van der Waals surface area contributed by atoms with Crippen molar-refractivity contribution in [1.29, 1.82) is 0 Å². The second-order valence-electron chi connectivity index (χ2n) is 3.55. The van der Waals surface area contributed by atoms with E-state index in [1.54, 1.807) is 36.4 Å². The summed E-state index contributed by atoms with van der Waals surface area (Å²) in [5, 5.41) is 9.22. The molecule has 0 aliphatic rings. The van der Waals surface area contributed by atoms with E-state index in [0.29, 0.717) is 10.6 Å². The van der Waals surface area contributed by atoms with Crippen LogP contribution in [-0.2, 0) is 0 Å². The maximum Gasteiger partial charge on any atom is 0.217 e. The van der Waals surface area contributed by atoms with Crippen molar-refractivity contribution in [3.63, 3.8) is 0 Å². The lowest BCUT2D eigenvalue weighted by Crippen LogP contribution is -1.91. The molecular weight excluding hydrogens is 256 g/mol. The van der Waals surface area contributed by atoms with Gasteiger partial charge in [-0.2, -0.15) is 0 Å². The van der Waals surface area contributed by atoms with Crippen LogP contribution < -0.4 is 0 Å². The minimum atomic E-state index is -0.365. The molecule has 0 aliphatic carbocycles. The highest BCUT2D eigenvalue weighted by molar-refractivity contribution is 7.97. The van der Waals surface area contributed by atoms with E-state index in [0.717, 1.165) is 11.1 Å². The molecule has 0 aliphatic heterocycles. The molecule has 0 amide bonds. The Hall–Kier alpha value is -1.45. The van der Waals surface area contributed by atoms with Gasteiger partial charge in [-0.25, -0.2) is 0 Å². The molecule has 2 rings (SSSR count). The lowest BCUT2D eigenvalue weighted by molar-refractivity contribution is 0.109. The highest BCUT2D eigenvalue weighted by Crippen LogP contribution is 2.27. The minimum absolute atomic E-state index is 0.202. The number of hydrogen-bond donors (Lipinski definition) is 2. The van der Waals surface area contributed by atoms with Crippen LogP contribution in [-0.4, -0.2) is 10.2 Å². The van der Waals surface area contributed by atoms with Gasteiger partial charge < -0.3 is 5.11 Å². The number of thiol groups is 1. The normalized spacial score (nSPS) is 10.2. The summed E-state index contributed by atoms with van der Waals surface area (Å²) in [5.74, 6) is 0.202. The molecule has 2 aromatic carbocycles. The van der Waals surface area contributed by atoms with Crippen molar-refractivity contribution in [3.05, 3.63) is 53.1 Å². The van der Waals surface area contributed by atoms with Crippen LogP contribution in [0.25, 0.3) is 11.1 Å². The molecule has 0 spiro atoms. The van der Waals surface area contributed by atoms with Gasteiger partial charge in [-0.3, -0.25) is 4.79 Å². The van der Waals surface area contributed by atoms with E-state index < -0.39 is 0 Å². The van der Waals surface area contributed by atoms with Gasteiger partial charge in [0.15, 0.2) is 0 Å². The summed E-state index contributed by atoms with van der Waals surface area (Å²) in [7, 11) is 0. The van der Waals surface area contributed by atoms with Crippen LogP contribution in [0.2, 0.25) is 5.02 Å². The molecule has 2 nitrogen and oxygen atoms in total. The second kappa shape index (κ2) is 4.82. The summed E-state index contributed by atoms with van der Waals surface area (Å²) in [4.78, 5) is 11.2. The summed E-state index contributed by atoms with van der Waals surface area (Å²) in [6.07, 6.45) is 0.